The fourth-order valence-electron chi connectivity index (χ4n) is 8.56. The Morgan fingerprint density at radius 3 is 1.24 bits per heavy atom. The van der Waals surface area contributed by atoms with E-state index in [-0.39, 0.29) is 22.9 Å². The van der Waals surface area contributed by atoms with Crippen molar-refractivity contribution < 1.29 is 57.4 Å². The number of carbonyl (C=O) groups excluding carboxylic acids is 10. The molecule has 24 nitrogen and oxygen atoms in total. The molecule has 0 aliphatic carbocycles. The average molecular weight is 1090 g/mol. The number of fused-ring (bicyclic) bond motifs is 7. The van der Waals surface area contributed by atoms with E-state index in [4.69, 9.17) is 9.47 Å². The molecule has 2 aromatic carbocycles. The van der Waals surface area contributed by atoms with Crippen molar-refractivity contribution in [1.29, 1.82) is 0 Å². The Bertz CT molecular complexity index is 2700. The minimum absolute atomic E-state index is 0.157. The van der Waals surface area contributed by atoms with Crippen molar-refractivity contribution in [3.05, 3.63) is 72.3 Å². The summed E-state index contributed by atoms with van der Waals surface area (Å²) in [4.78, 5) is 164. The number of hydrogen-bond donors (Lipinski definition) is 4. The third kappa shape index (κ3) is 13.5. The number of benzene rings is 2. The number of aromatic nitrogens is 4. The van der Waals surface area contributed by atoms with Crippen LogP contribution in [-0.2, 0) is 47.8 Å². The van der Waals surface area contributed by atoms with Crippen LogP contribution in [0.2, 0.25) is 0 Å². The molecule has 2 saturated heterocycles. The second kappa shape index (κ2) is 25.4. The number of likely N-dealkylation sites (N-methyl/N-ethyl adjacent to an activating group) is 4. The van der Waals surface area contributed by atoms with Gasteiger partial charge in [-0.25, -0.2) is 19.6 Å². The largest absolute Gasteiger partial charge is 0.461 e. The van der Waals surface area contributed by atoms with Crippen molar-refractivity contribution in [2.24, 2.45) is 11.8 Å². The molecule has 0 spiro atoms. The molecule has 0 radical (unpaired) electrons. The third-order valence-corrected chi connectivity index (χ3v) is 15.2. The lowest BCUT2D eigenvalue weighted by molar-refractivity contribution is -0.160. The Hall–Kier alpha value is -7.48. The zero-order chi connectivity index (χ0) is 55.7. The molecular formula is C50H62N12O12S2. The summed E-state index contributed by atoms with van der Waals surface area (Å²) in [7, 11) is 7.48. The topological polar surface area (TPSA) is 302 Å². The second-order valence-corrected chi connectivity index (χ2v) is 21.6. The molecule has 406 valence electrons. The van der Waals surface area contributed by atoms with Gasteiger partial charge >= 0.3 is 11.9 Å². The normalized spacial score (nSPS) is 24.7. The molecule has 0 saturated carbocycles. The maximum atomic E-state index is 14.8. The predicted molar refractivity (Wildman–Crippen MR) is 280 cm³/mol. The van der Waals surface area contributed by atoms with Gasteiger partial charge in [-0.3, -0.25) is 48.3 Å². The smallest absolute Gasteiger partial charge is 0.329 e. The lowest BCUT2D eigenvalue weighted by Crippen LogP contribution is -2.60. The summed E-state index contributed by atoms with van der Waals surface area (Å²) in [5, 5.41) is 10.2. The molecule has 4 aromatic rings. The van der Waals surface area contributed by atoms with Gasteiger partial charge in [0.05, 0.1) is 34.5 Å². The van der Waals surface area contributed by atoms with Crippen LogP contribution in [0.25, 0.3) is 22.1 Å². The van der Waals surface area contributed by atoms with Crippen LogP contribution >= 0.6 is 21.6 Å². The van der Waals surface area contributed by atoms with Gasteiger partial charge in [-0.05, 0) is 49.9 Å². The number of hydrogen-bond acceptors (Lipinski definition) is 18. The van der Waals surface area contributed by atoms with Crippen molar-refractivity contribution >= 4 is 103 Å². The summed E-state index contributed by atoms with van der Waals surface area (Å²) in [6, 6.07) is 2.10. The molecular weight excluding hydrogens is 1020 g/mol. The van der Waals surface area contributed by atoms with Gasteiger partial charge in [-0.15, -0.1) is 0 Å². The van der Waals surface area contributed by atoms with Crippen LogP contribution in [0, 0.1) is 11.8 Å². The summed E-state index contributed by atoms with van der Waals surface area (Å²) in [6.45, 7) is 7.71. The molecule has 2 aliphatic heterocycles. The molecule has 26 heteroatoms. The van der Waals surface area contributed by atoms with Gasteiger partial charge in [0.2, 0.25) is 35.4 Å². The van der Waals surface area contributed by atoms with Crippen molar-refractivity contribution in [1.82, 2.24) is 60.8 Å². The Kier molecular flexibility index (Phi) is 19.3. The van der Waals surface area contributed by atoms with Crippen molar-refractivity contribution in [3.8, 4) is 0 Å². The van der Waals surface area contributed by atoms with E-state index in [1.807, 2.05) is 0 Å². The second-order valence-electron chi connectivity index (χ2n) is 19.0. The molecule has 76 heavy (non-hydrogen) atoms. The Morgan fingerprint density at radius 1 is 0.553 bits per heavy atom. The van der Waals surface area contributed by atoms with Crippen LogP contribution in [0.5, 0.6) is 0 Å². The highest BCUT2D eigenvalue weighted by molar-refractivity contribution is 8.76. The summed E-state index contributed by atoms with van der Waals surface area (Å²) in [5.41, 5.74) is 1.39. The monoisotopic (exact) mass is 1090 g/mol. The van der Waals surface area contributed by atoms with Crippen molar-refractivity contribution in [2.45, 2.75) is 89.9 Å². The highest BCUT2D eigenvalue weighted by Crippen LogP contribution is 2.29. The summed E-state index contributed by atoms with van der Waals surface area (Å²) in [5.74, 6) is -10.3. The first kappa shape index (κ1) is 57.8. The highest BCUT2D eigenvalue weighted by Gasteiger charge is 2.42. The van der Waals surface area contributed by atoms with E-state index in [1.165, 1.54) is 54.4 Å². The Labute approximate surface area is 446 Å². The average Bonchev–Trinajstić information content (AvgIpc) is 3.39. The van der Waals surface area contributed by atoms with E-state index in [9.17, 15) is 47.9 Å². The van der Waals surface area contributed by atoms with Gasteiger partial charge in [-0.1, -0.05) is 73.5 Å². The molecule has 8 atom stereocenters. The maximum absolute atomic E-state index is 14.8. The fraction of sp³-hybridized carbons (Fsp3) is 0.480. The lowest BCUT2D eigenvalue weighted by Gasteiger charge is -2.37. The molecule has 8 amide bonds. The van der Waals surface area contributed by atoms with Gasteiger partial charge in [0.25, 0.3) is 11.8 Å². The number of nitrogens with one attached hydrogen (secondary N) is 4. The van der Waals surface area contributed by atoms with Crippen LogP contribution in [-0.4, -0.2) is 200 Å². The Morgan fingerprint density at radius 2 is 0.895 bits per heavy atom. The molecule has 2 bridgehead atoms. The van der Waals surface area contributed by atoms with Gasteiger partial charge in [0.15, 0.2) is 0 Å². The van der Waals surface area contributed by atoms with Crippen LogP contribution < -0.4 is 21.3 Å². The maximum Gasteiger partial charge on any atom is 0.329 e. The molecule has 2 fully saturated rings. The summed E-state index contributed by atoms with van der Waals surface area (Å²) in [6.07, 6.45) is 2.40. The summed E-state index contributed by atoms with van der Waals surface area (Å²) < 4.78 is 11.4. The fourth-order valence-corrected chi connectivity index (χ4v) is 11.1. The number of para-hydroxylation sites is 4. The number of carbonyl (C=O) groups is 10. The number of rotatable bonds is 6. The lowest BCUT2D eigenvalue weighted by atomic mass is 10.0. The van der Waals surface area contributed by atoms with Gasteiger partial charge in [-0.2, -0.15) is 0 Å². The minimum atomic E-state index is -1.65. The number of amides is 8. The zero-order valence-corrected chi connectivity index (χ0v) is 45.3. The van der Waals surface area contributed by atoms with Crippen LogP contribution in [0.1, 0.15) is 62.5 Å². The number of cyclic esters (lactones) is 2. The first-order chi connectivity index (χ1) is 36.0. The molecule has 2 aliphatic rings. The van der Waals surface area contributed by atoms with Crippen LogP contribution in [0.15, 0.2) is 60.9 Å². The van der Waals surface area contributed by atoms with Gasteiger partial charge in [0, 0.05) is 39.7 Å². The van der Waals surface area contributed by atoms with E-state index < -0.39 is 133 Å². The highest BCUT2D eigenvalue weighted by atomic mass is 33.1. The first-order valence-corrected chi connectivity index (χ1v) is 26.8. The number of nitrogens with zero attached hydrogens (tertiary/aromatic N) is 8. The standard InChI is InChI=1S/C50H62N12O12S2/c1-25(2)39-49(71)73-21-35(57-41(63)33-19-51-29-15-11-13-17-31(29)55-33)43(65)53-28(6)46(68)60(8)38-24-76-75-23-37(47(69)61(39)9)59(7)45(67)27(5)54-44(66)36(22-74-50(72)40(26(3)4)62(10)48(38)70)58-42(64)34-20-52-30-16-12-14-18-32(30)56-34/h11-20,25-28,35-40H,21-24H2,1-10H3,(H,53,65)(H,54,66)(H,57,63)(H,58,64)/t27-,28-,35+,36+,37+,38+,39-,40-/m0/s1. The quantitative estimate of drug-likeness (QED) is 0.152. The van der Waals surface area contributed by atoms with Gasteiger partial charge < -0.3 is 50.3 Å². The Balaban J connectivity index is 1.39. The summed E-state index contributed by atoms with van der Waals surface area (Å²) >= 11 is 0. The molecule has 0 unspecified atom stereocenters. The van der Waals surface area contributed by atoms with Crippen molar-refractivity contribution in [2.75, 3.05) is 52.9 Å². The van der Waals surface area contributed by atoms with E-state index in [2.05, 4.69) is 41.2 Å². The molecule has 6 rings (SSSR count). The van der Waals surface area contributed by atoms with E-state index in [0.717, 1.165) is 41.2 Å². The number of esters is 2. The SMILES string of the molecule is CC(C)[C@H]1C(=O)OC[C@@H](NC(=O)c2cnc3ccccc3n2)C(=O)N[C@@H](C)C(=O)N(C)[C@@H]2CSSC[C@H](C(=O)N1C)N(C)C(=O)[C@H](C)NC(=O)[C@H](NC(=O)c1cnc3ccccc3n1)COC(=O)[C@H](C(C)C)N(C)C2=O. The van der Waals surface area contributed by atoms with Gasteiger partial charge in [0.1, 0.15) is 72.9 Å². The molecule has 4 heterocycles. The molecule has 4 N–H and O–H groups in total. The van der Waals surface area contributed by atoms with E-state index in [1.54, 1.807) is 76.2 Å². The molecule has 2 aromatic heterocycles. The van der Waals surface area contributed by atoms with Crippen LogP contribution in [0.4, 0.5) is 0 Å². The first-order valence-electron chi connectivity index (χ1n) is 24.3. The van der Waals surface area contributed by atoms with Crippen molar-refractivity contribution in [3.63, 3.8) is 0 Å². The van der Waals surface area contributed by atoms with E-state index in [0.29, 0.717) is 22.1 Å². The van der Waals surface area contributed by atoms with Crippen LogP contribution in [0.3, 0.4) is 0 Å². The van der Waals surface area contributed by atoms with E-state index >= 15 is 0 Å². The minimum Gasteiger partial charge on any atom is -0.461 e. The zero-order valence-electron chi connectivity index (χ0n) is 43.7. The predicted octanol–water partition coefficient (Wildman–Crippen LogP) is 0.594. The third-order valence-electron chi connectivity index (χ3n) is 12.9. The number of ether oxygens (including phenoxy) is 2.